The molecule has 132 valence electrons. The largest absolute Gasteiger partial charge is 0.383 e. The van der Waals surface area contributed by atoms with Crippen molar-refractivity contribution >= 4 is 18.3 Å². The first kappa shape index (κ1) is 20.0. The van der Waals surface area contributed by atoms with Crippen LogP contribution in [0.1, 0.15) is 16.1 Å². The van der Waals surface area contributed by atoms with Crippen LogP contribution in [0.2, 0.25) is 0 Å². The quantitative estimate of drug-likeness (QED) is 0.613. The first-order chi connectivity index (χ1) is 11.1. The molecule has 0 aliphatic heterocycles. The van der Waals surface area contributed by atoms with E-state index in [0.717, 1.165) is 12.1 Å². The maximum atomic E-state index is 12.0. The number of aromatic amines is 1. The molecule has 0 fully saturated rings. The lowest BCUT2D eigenvalue weighted by atomic mass is 10.2. The van der Waals surface area contributed by atoms with E-state index in [-0.39, 0.29) is 29.6 Å². The van der Waals surface area contributed by atoms with E-state index in [4.69, 9.17) is 4.74 Å². The average molecular weight is 355 g/mol. The zero-order valence-corrected chi connectivity index (χ0v) is 14.6. The number of nitrogens with zero attached hydrogens (tertiary/aromatic N) is 1. The molecule has 7 nitrogen and oxygen atoms in total. The predicted octanol–water partition coefficient (Wildman–Crippen LogP) is 0.862. The molecule has 1 amide bonds. The minimum atomic E-state index is -0.304. The lowest BCUT2D eigenvalue weighted by molar-refractivity contribution is 0.0948. The zero-order chi connectivity index (χ0) is 16.7. The molecule has 8 heteroatoms. The second kappa shape index (κ2) is 9.92. The van der Waals surface area contributed by atoms with E-state index < -0.39 is 0 Å². The molecule has 0 saturated heterocycles. The SMILES string of the molecule is COCCNCCNC(=O)c1cc(=O)n(-c2ccc(C)cc2)[nH]1.Cl. The summed E-state index contributed by atoms with van der Waals surface area (Å²) in [5, 5.41) is 8.71. The predicted molar refractivity (Wildman–Crippen MR) is 95.5 cm³/mol. The lowest BCUT2D eigenvalue weighted by Crippen LogP contribution is -2.33. The summed E-state index contributed by atoms with van der Waals surface area (Å²) < 4.78 is 6.26. The number of benzene rings is 1. The van der Waals surface area contributed by atoms with Gasteiger partial charge < -0.3 is 15.4 Å². The van der Waals surface area contributed by atoms with Crippen molar-refractivity contribution in [1.29, 1.82) is 0 Å². The number of ether oxygens (including phenoxy) is 1. The summed E-state index contributed by atoms with van der Waals surface area (Å²) in [6, 6.07) is 8.78. The number of halogens is 1. The van der Waals surface area contributed by atoms with E-state index in [2.05, 4.69) is 15.7 Å². The van der Waals surface area contributed by atoms with Crippen LogP contribution in [0.15, 0.2) is 35.1 Å². The number of rotatable bonds is 8. The van der Waals surface area contributed by atoms with E-state index in [1.54, 1.807) is 7.11 Å². The van der Waals surface area contributed by atoms with Gasteiger partial charge in [0.15, 0.2) is 0 Å². The average Bonchev–Trinajstić information content (AvgIpc) is 2.93. The molecule has 3 N–H and O–H groups in total. The van der Waals surface area contributed by atoms with E-state index >= 15 is 0 Å². The minimum absolute atomic E-state index is 0. The second-order valence-corrected chi connectivity index (χ2v) is 5.18. The molecule has 0 saturated carbocycles. The third kappa shape index (κ3) is 5.52. The topological polar surface area (TPSA) is 88.2 Å². The van der Waals surface area contributed by atoms with Crippen molar-refractivity contribution in [1.82, 2.24) is 20.4 Å². The van der Waals surface area contributed by atoms with Crippen LogP contribution < -0.4 is 16.2 Å². The monoisotopic (exact) mass is 354 g/mol. The number of hydrogen-bond donors (Lipinski definition) is 3. The van der Waals surface area contributed by atoms with Gasteiger partial charge in [-0.05, 0) is 19.1 Å². The molecule has 1 aromatic carbocycles. The van der Waals surface area contributed by atoms with Crippen molar-refractivity contribution in [2.75, 3.05) is 33.4 Å². The molecule has 2 rings (SSSR count). The van der Waals surface area contributed by atoms with Gasteiger partial charge in [-0.25, -0.2) is 4.68 Å². The Hall–Kier alpha value is -2.09. The van der Waals surface area contributed by atoms with Crippen LogP contribution in [0.25, 0.3) is 5.69 Å². The molecule has 0 aliphatic rings. The molecule has 24 heavy (non-hydrogen) atoms. The Bertz CT molecular complexity index is 694. The van der Waals surface area contributed by atoms with Crippen LogP contribution in [0.3, 0.4) is 0 Å². The fourth-order valence-corrected chi connectivity index (χ4v) is 2.06. The van der Waals surface area contributed by atoms with Crippen molar-refractivity contribution in [3.8, 4) is 5.69 Å². The number of methoxy groups -OCH3 is 1. The fraction of sp³-hybridized carbons (Fsp3) is 0.375. The van der Waals surface area contributed by atoms with Gasteiger partial charge in [0.05, 0.1) is 12.3 Å². The van der Waals surface area contributed by atoms with Gasteiger partial charge in [0.25, 0.3) is 11.5 Å². The van der Waals surface area contributed by atoms with Crippen LogP contribution in [-0.2, 0) is 4.74 Å². The number of amides is 1. The Morgan fingerprint density at radius 2 is 1.92 bits per heavy atom. The zero-order valence-electron chi connectivity index (χ0n) is 13.8. The van der Waals surface area contributed by atoms with E-state index in [1.807, 2.05) is 31.2 Å². The first-order valence-electron chi connectivity index (χ1n) is 7.49. The second-order valence-electron chi connectivity index (χ2n) is 5.18. The van der Waals surface area contributed by atoms with Crippen molar-refractivity contribution in [2.24, 2.45) is 0 Å². The van der Waals surface area contributed by atoms with Gasteiger partial charge >= 0.3 is 0 Å². The van der Waals surface area contributed by atoms with Gasteiger partial charge in [-0.3, -0.25) is 14.7 Å². The van der Waals surface area contributed by atoms with Gasteiger partial charge in [0.2, 0.25) is 0 Å². The summed E-state index contributed by atoms with van der Waals surface area (Å²) in [4.78, 5) is 24.0. The van der Waals surface area contributed by atoms with Crippen molar-refractivity contribution in [3.63, 3.8) is 0 Å². The van der Waals surface area contributed by atoms with E-state index in [0.29, 0.717) is 25.4 Å². The Morgan fingerprint density at radius 3 is 2.58 bits per heavy atom. The number of aromatic nitrogens is 2. The molecule has 1 aromatic heterocycles. The van der Waals surface area contributed by atoms with Crippen molar-refractivity contribution in [3.05, 3.63) is 51.9 Å². The number of hydrogen-bond acceptors (Lipinski definition) is 4. The Kier molecular flexibility index (Phi) is 8.25. The molecular weight excluding hydrogens is 332 g/mol. The third-order valence-electron chi connectivity index (χ3n) is 3.33. The standard InChI is InChI=1S/C16H22N4O3.ClH/c1-12-3-5-13(6-4-12)20-15(21)11-14(19-20)16(22)18-8-7-17-9-10-23-2;/h3-6,11,17,19H,7-10H2,1-2H3,(H,18,22);1H. The number of aryl methyl sites for hydroxylation is 1. The summed E-state index contributed by atoms with van der Waals surface area (Å²) in [6.45, 7) is 4.44. The number of carbonyl (C=O) groups excluding carboxylic acids is 1. The van der Waals surface area contributed by atoms with Gasteiger partial charge in [0, 0.05) is 32.8 Å². The molecule has 2 aromatic rings. The molecule has 0 spiro atoms. The van der Waals surface area contributed by atoms with Gasteiger partial charge in [-0.1, -0.05) is 17.7 Å². The van der Waals surface area contributed by atoms with Crippen LogP contribution in [-0.4, -0.2) is 49.0 Å². The number of nitrogens with one attached hydrogen (secondary N) is 3. The fourth-order valence-electron chi connectivity index (χ4n) is 2.06. The summed E-state index contributed by atoms with van der Waals surface area (Å²) in [6.07, 6.45) is 0. The normalized spacial score (nSPS) is 10.2. The smallest absolute Gasteiger partial charge is 0.271 e. The highest BCUT2D eigenvalue weighted by Gasteiger charge is 2.11. The third-order valence-corrected chi connectivity index (χ3v) is 3.33. The van der Waals surface area contributed by atoms with Crippen LogP contribution in [0.4, 0.5) is 0 Å². The molecule has 0 atom stereocenters. The minimum Gasteiger partial charge on any atom is -0.383 e. The highest BCUT2D eigenvalue weighted by molar-refractivity contribution is 5.92. The van der Waals surface area contributed by atoms with Crippen molar-refractivity contribution < 1.29 is 9.53 Å². The Balaban J connectivity index is 0.00000288. The Morgan fingerprint density at radius 1 is 1.21 bits per heavy atom. The van der Waals surface area contributed by atoms with E-state index in [1.165, 1.54) is 10.7 Å². The first-order valence-corrected chi connectivity index (χ1v) is 7.49. The molecule has 0 aliphatic carbocycles. The van der Waals surface area contributed by atoms with E-state index in [9.17, 15) is 9.59 Å². The van der Waals surface area contributed by atoms with Gasteiger partial charge in [0.1, 0.15) is 5.69 Å². The molecular formula is C16H23ClN4O3. The van der Waals surface area contributed by atoms with Crippen LogP contribution in [0, 0.1) is 6.92 Å². The Labute approximate surface area is 146 Å². The van der Waals surface area contributed by atoms with Crippen LogP contribution >= 0.6 is 12.4 Å². The maximum absolute atomic E-state index is 12.0. The molecule has 0 radical (unpaired) electrons. The highest BCUT2D eigenvalue weighted by Crippen LogP contribution is 2.06. The van der Waals surface area contributed by atoms with Gasteiger partial charge in [-0.2, -0.15) is 0 Å². The summed E-state index contributed by atoms with van der Waals surface area (Å²) in [5.41, 5.74) is 1.78. The van der Waals surface area contributed by atoms with Crippen molar-refractivity contribution in [2.45, 2.75) is 6.92 Å². The maximum Gasteiger partial charge on any atom is 0.271 e. The highest BCUT2D eigenvalue weighted by atomic mass is 35.5. The van der Waals surface area contributed by atoms with Crippen LogP contribution in [0.5, 0.6) is 0 Å². The molecule has 0 bridgehead atoms. The summed E-state index contributed by atoms with van der Waals surface area (Å²) >= 11 is 0. The summed E-state index contributed by atoms with van der Waals surface area (Å²) in [5.74, 6) is -0.304. The molecule has 0 unspecified atom stereocenters. The number of carbonyl (C=O) groups is 1. The van der Waals surface area contributed by atoms with Gasteiger partial charge in [-0.15, -0.1) is 12.4 Å². The summed E-state index contributed by atoms with van der Waals surface area (Å²) in [7, 11) is 1.64. The molecule has 1 heterocycles. The lowest BCUT2D eigenvalue weighted by Gasteiger charge is -2.06. The number of H-pyrrole nitrogens is 1.